The zero-order valence-corrected chi connectivity index (χ0v) is 9.89. The van der Waals surface area contributed by atoms with Gasteiger partial charge in [-0.1, -0.05) is 40.6 Å². The van der Waals surface area contributed by atoms with Crippen LogP contribution in [0.2, 0.25) is 0 Å². The van der Waals surface area contributed by atoms with Crippen LogP contribution in [0, 0.1) is 0 Å². The molecule has 0 aliphatic heterocycles. The predicted molar refractivity (Wildman–Crippen MR) is 65.2 cm³/mol. The highest BCUT2D eigenvalue weighted by atomic mass is 79.9. The maximum Gasteiger partial charge on any atom is 0.0181 e. The van der Waals surface area contributed by atoms with E-state index in [0.717, 1.165) is 0 Å². The van der Waals surface area contributed by atoms with Crippen LogP contribution >= 0.6 is 15.9 Å². The van der Waals surface area contributed by atoms with Gasteiger partial charge in [0.25, 0.3) is 0 Å². The van der Waals surface area contributed by atoms with Crippen molar-refractivity contribution in [2.75, 3.05) is 0 Å². The normalized spacial score (nSPS) is 17.4. The van der Waals surface area contributed by atoms with Gasteiger partial charge in [0.1, 0.15) is 0 Å². The topological polar surface area (TPSA) is 0 Å². The molecule has 0 spiro atoms. The molecule has 0 unspecified atom stereocenters. The second-order valence-electron chi connectivity index (χ2n) is 3.84. The molecule has 0 atom stereocenters. The van der Waals surface area contributed by atoms with Gasteiger partial charge in [0.05, 0.1) is 0 Å². The summed E-state index contributed by atoms with van der Waals surface area (Å²) in [7, 11) is 0. The fraction of sp³-hybridized carbons (Fsp3) is 0.385. The molecule has 0 amide bonds. The molecule has 0 saturated carbocycles. The van der Waals surface area contributed by atoms with Crippen molar-refractivity contribution in [3.63, 3.8) is 0 Å². The third kappa shape index (κ3) is 2.48. The highest BCUT2D eigenvalue weighted by Crippen LogP contribution is 2.27. The summed E-state index contributed by atoms with van der Waals surface area (Å²) in [6.07, 6.45) is 9.00. The molecule has 0 nitrogen and oxygen atoms in total. The molecule has 0 aromatic heterocycles. The molecule has 0 N–H and O–H groups in total. The lowest BCUT2D eigenvalue weighted by Gasteiger charge is -2.05. The SMILES string of the molecule is Brc1cccc(C2=CCCCCC2)c1. The van der Waals surface area contributed by atoms with Gasteiger partial charge in [-0.05, 0) is 49.0 Å². The molecule has 0 radical (unpaired) electrons. The van der Waals surface area contributed by atoms with E-state index in [2.05, 4.69) is 46.3 Å². The molecule has 74 valence electrons. The minimum absolute atomic E-state index is 1.18. The van der Waals surface area contributed by atoms with Crippen LogP contribution in [0.3, 0.4) is 0 Å². The van der Waals surface area contributed by atoms with Crippen LogP contribution in [0.4, 0.5) is 0 Å². The van der Waals surface area contributed by atoms with E-state index in [0.29, 0.717) is 0 Å². The van der Waals surface area contributed by atoms with Crippen LogP contribution in [-0.2, 0) is 0 Å². The van der Waals surface area contributed by atoms with Gasteiger partial charge in [-0.3, -0.25) is 0 Å². The van der Waals surface area contributed by atoms with Gasteiger partial charge in [0, 0.05) is 4.47 Å². The molecule has 14 heavy (non-hydrogen) atoms. The largest absolute Gasteiger partial charge is 0.0807 e. The fourth-order valence-corrected chi connectivity index (χ4v) is 2.36. The Morgan fingerprint density at radius 1 is 1.07 bits per heavy atom. The fourth-order valence-electron chi connectivity index (χ4n) is 1.97. The first-order chi connectivity index (χ1) is 6.86. The summed E-state index contributed by atoms with van der Waals surface area (Å²) in [5, 5.41) is 0. The Hall–Kier alpha value is -0.560. The maximum atomic E-state index is 3.52. The minimum atomic E-state index is 1.18. The maximum absolute atomic E-state index is 3.52. The van der Waals surface area contributed by atoms with Gasteiger partial charge in [-0.25, -0.2) is 0 Å². The van der Waals surface area contributed by atoms with Gasteiger partial charge in [0.15, 0.2) is 0 Å². The Labute approximate surface area is 94.2 Å². The van der Waals surface area contributed by atoms with Crippen LogP contribution in [0.1, 0.15) is 37.7 Å². The summed E-state index contributed by atoms with van der Waals surface area (Å²) in [4.78, 5) is 0. The first-order valence-corrected chi connectivity index (χ1v) is 6.10. The molecule has 0 saturated heterocycles. The summed E-state index contributed by atoms with van der Waals surface area (Å²) in [6, 6.07) is 8.63. The average Bonchev–Trinajstić information content (AvgIpc) is 2.45. The van der Waals surface area contributed by atoms with E-state index in [1.807, 2.05) is 0 Å². The number of benzene rings is 1. The lowest BCUT2D eigenvalue weighted by molar-refractivity contribution is 0.720. The van der Waals surface area contributed by atoms with Crippen molar-refractivity contribution in [1.82, 2.24) is 0 Å². The predicted octanol–water partition coefficient (Wildman–Crippen LogP) is 4.80. The summed E-state index contributed by atoms with van der Waals surface area (Å²) < 4.78 is 1.18. The van der Waals surface area contributed by atoms with E-state index >= 15 is 0 Å². The third-order valence-corrected chi connectivity index (χ3v) is 3.23. The standard InChI is InChI=1S/C13H15Br/c14-13-9-5-8-12(10-13)11-6-3-1-2-4-7-11/h5-6,8-10H,1-4,7H2. The van der Waals surface area contributed by atoms with Crippen LogP contribution in [-0.4, -0.2) is 0 Å². The molecule has 1 aliphatic carbocycles. The van der Waals surface area contributed by atoms with E-state index in [4.69, 9.17) is 0 Å². The molecule has 1 aromatic rings. The molecule has 0 fully saturated rings. The van der Waals surface area contributed by atoms with E-state index in [9.17, 15) is 0 Å². The second kappa shape index (κ2) is 4.79. The third-order valence-electron chi connectivity index (χ3n) is 2.74. The zero-order chi connectivity index (χ0) is 9.80. The summed E-state index contributed by atoms with van der Waals surface area (Å²) in [6.45, 7) is 0. The summed E-state index contributed by atoms with van der Waals surface area (Å²) in [5.74, 6) is 0. The number of allylic oxidation sites excluding steroid dienone is 2. The highest BCUT2D eigenvalue weighted by molar-refractivity contribution is 9.10. The average molecular weight is 251 g/mol. The number of hydrogen-bond acceptors (Lipinski definition) is 0. The molecular formula is C13H15Br. The molecule has 2 rings (SSSR count). The van der Waals surface area contributed by atoms with Crippen molar-refractivity contribution in [2.45, 2.75) is 32.1 Å². The van der Waals surface area contributed by atoms with Crippen molar-refractivity contribution < 1.29 is 0 Å². The monoisotopic (exact) mass is 250 g/mol. The van der Waals surface area contributed by atoms with Crippen molar-refractivity contribution in [3.05, 3.63) is 40.4 Å². The smallest absolute Gasteiger partial charge is 0.0181 e. The van der Waals surface area contributed by atoms with Crippen molar-refractivity contribution in [3.8, 4) is 0 Å². The lowest BCUT2D eigenvalue weighted by Crippen LogP contribution is -1.83. The molecule has 0 heterocycles. The minimum Gasteiger partial charge on any atom is -0.0807 e. The second-order valence-corrected chi connectivity index (χ2v) is 4.75. The van der Waals surface area contributed by atoms with E-state index in [1.165, 1.54) is 47.7 Å². The van der Waals surface area contributed by atoms with E-state index in [-0.39, 0.29) is 0 Å². The highest BCUT2D eigenvalue weighted by Gasteiger charge is 2.05. The Kier molecular flexibility index (Phi) is 3.41. The Bertz CT molecular complexity index is 339. The summed E-state index contributed by atoms with van der Waals surface area (Å²) in [5.41, 5.74) is 2.92. The van der Waals surface area contributed by atoms with Crippen LogP contribution in [0.5, 0.6) is 0 Å². The van der Waals surface area contributed by atoms with Gasteiger partial charge in [-0.2, -0.15) is 0 Å². The van der Waals surface area contributed by atoms with Gasteiger partial charge < -0.3 is 0 Å². The van der Waals surface area contributed by atoms with Gasteiger partial charge >= 0.3 is 0 Å². The quantitative estimate of drug-likeness (QED) is 0.672. The first-order valence-electron chi connectivity index (χ1n) is 5.31. The van der Waals surface area contributed by atoms with E-state index in [1.54, 1.807) is 0 Å². The van der Waals surface area contributed by atoms with Gasteiger partial charge in [-0.15, -0.1) is 0 Å². The molecule has 1 aromatic carbocycles. The zero-order valence-electron chi connectivity index (χ0n) is 8.30. The Morgan fingerprint density at radius 3 is 2.86 bits per heavy atom. The molecule has 1 aliphatic rings. The Morgan fingerprint density at radius 2 is 2.00 bits per heavy atom. The number of hydrogen-bond donors (Lipinski definition) is 0. The summed E-state index contributed by atoms with van der Waals surface area (Å²) >= 11 is 3.52. The Balaban J connectivity index is 2.24. The van der Waals surface area contributed by atoms with Crippen LogP contribution < -0.4 is 0 Å². The molecule has 0 bridgehead atoms. The molecule has 1 heteroatoms. The number of rotatable bonds is 1. The van der Waals surface area contributed by atoms with Gasteiger partial charge in [0.2, 0.25) is 0 Å². The molecular weight excluding hydrogens is 236 g/mol. The first kappa shape index (κ1) is 9.97. The number of halogens is 1. The van der Waals surface area contributed by atoms with Crippen molar-refractivity contribution in [1.29, 1.82) is 0 Å². The lowest BCUT2D eigenvalue weighted by atomic mass is 10.0. The van der Waals surface area contributed by atoms with E-state index < -0.39 is 0 Å². The van der Waals surface area contributed by atoms with Crippen molar-refractivity contribution in [2.24, 2.45) is 0 Å². The van der Waals surface area contributed by atoms with Crippen molar-refractivity contribution >= 4 is 21.5 Å². The van der Waals surface area contributed by atoms with Crippen LogP contribution in [0.15, 0.2) is 34.8 Å². The van der Waals surface area contributed by atoms with Crippen LogP contribution in [0.25, 0.3) is 5.57 Å².